The Bertz CT molecular complexity index is 386. The molecule has 0 unspecified atom stereocenters. The molecule has 0 aromatic heterocycles. The smallest absolute Gasteiger partial charge is 0.244 e. The van der Waals surface area contributed by atoms with Crippen LogP contribution >= 0.6 is 0 Å². The molecule has 4 nitrogen and oxygen atoms in total. The second-order valence-electron chi connectivity index (χ2n) is 3.98. The molecule has 0 aliphatic heterocycles. The van der Waals surface area contributed by atoms with Gasteiger partial charge in [0.1, 0.15) is 5.75 Å². The molecule has 1 aromatic rings. The quantitative estimate of drug-likeness (QED) is 0.637. The third-order valence-electron chi connectivity index (χ3n) is 2.85. The van der Waals surface area contributed by atoms with E-state index in [4.69, 9.17) is 5.73 Å². The summed E-state index contributed by atoms with van der Waals surface area (Å²) in [4.78, 5) is 11.7. The van der Waals surface area contributed by atoms with Crippen molar-refractivity contribution in [1.82, 2.24) is 0 Å². The molecule has 0 saturated heterocycles. The van der Waals surface area contributed by atoms with Crippen molar-refractivity contribution < 1.29 is 9.90 Å². The molecule has 4 N–H and O–H groups in total. The maximum atomic E-state index is 11.7. The van der Waals surface area contributed by atoms with E-state index in [0.29, 0.717) is 18.5 Å². The molecule has 1 aliphatic rings. The standard InChI is InChI=1S/C11H14N2O2/c12-11(6-3-7-11)10(15)13-8-4-1-2-5-9(8)14/h1-2,4-5,14H,3,6-7,12H2,(H,13,15). The average Bonchev–Trinajstić information content (AvgIpc) is 2.18. The summed E-state index contributed by atoms with van der Waals surface area (Å²) in [7, 11) is 0. The number of nitrogens with two attached hydrogens (primary N) is 1. The fourth-order valence-electron chi connectivity index (χ4n) is 1.61. The van der Waals surface area contributed by atoms with E-state index < -0.39 is 5.54 Å². The molecule has 1 aromatic carbocycles. The lowest BCUT2D eigenvalue weighted by Crippen LogP contribution is -2.56. The summed E-state index contributed by atoms with van der Waals surface area (Å²) < 4.78 is 0. The van der Waals surface area contributed by atoms with Gasteiger partial charge in [0.15, 0.2) is 0 Å². The van der Waals surface area contributed by atoms with E-state index in [1.165, 1.54) is 6.07 Å². The molecule has 2 rings (SSSR count). The highest BCUT2D eigenvalue weighted by atomic mass is 16.3. The number of phenols is 1. The molecule has 0 heterocycles. The number of carbonyl (C=O) groups is 1. The molecule has 1 saturated carbocycles. The summed E-state index contributed by atoms with van der Waals surface area (Å²) in [5.74, 6) is -0.149. The lowest BCUT2D eigenvalue weighted by atomic mass is 9.77. The molecular weight excluding hydrogens is 192 g/mol. The van der Waals surface area contributed by atoms with Gasteiger partial charge in [-0.05, 0) is 31.4 Å². The van der Waals surface area contributed by atoms with Crippen molar-refractivity contribution in [1.29, 1.82) is 0 Å². The maximum Gasteiger partial charge on any atom is 0.244 e. The first kappa shape index (κ1) is 9.98. The number of carbonyl (C=O) groups excluding carboxylic acids is 1. The molecule has 1 aliphatic carbocycles. The number of hydrogen-bond acceptors (Lipinski definition) is 3. The van der Waals surface area contributed by atoms with Crippen molar-refractivity contribution in [3.63, 3.8) is 0 Å². The minimum absolute atomic E-state index is 0.0637. The van der Waals surface area contributed by atoms with Crippen molar-refractivity contribution >= 4 is 11.6 Å². The van der Waals surface area contributed by atoms with Gasteiger partial charge in [-0.1, -0.05) is 12.1 Å². The van der Waals surface area contributed by atoms with Crippen LogP contribution in [0.2, 0.25) is 0 Å². The van der Waals surface area contributed by atoms with Gasteiger partial charge in [0.05, 0.1) is 11.2 Å². The normalized spacial score (nSPS) is 17.9. The SMILES string of the molecule is NC1(C(=O)Nc2ccccc2O)CCC1. The molecule has 1 fully saturated rings. The summed E-state index contributed by atoms with van der Waals surface area (Å²) in [5.41, 5.74) is 5.53. The molecular formula is C11H14N2O2. The van der Waals surface area contributed by atoms with Crippen LogP contribution in [0.15, 0.2) is 24.3 Å². The van der Waals surface area contributed by atoms with Gasteiger partial charge in [0.25, 0.3) is 0 Å². The van der Waals surface area contributed by atoms with Crippen LogP contribution in [-0.2, 0) is 4.79 Å². The Balaban J connectivity index is 2.09. The predicted molar refractivity (Wildman–Crippen MR) is 57.5 cm³/mol. The zero-order valence-electron chi connectivity index (χ0n) is 8.36. The zero-order valence-corrected chi connectivity index (χ0v) is 8.36. The van der Waals surface area contributed by atoms with Gasteiger partial charge in [-0.15, -0.1) is 0 Å². The van der Waals surface area contributed by atoms with Crippen molar-refractivity contribution in [2.24, 2.45) is 5.73 Å². The summed E-state index contributed by atoms with van der Waals surface area (Å²) >= 11 is 0. The topological polar surface area (TPSA) is 75.4 Å². The van der Waals surface area contributed by atoms with Crippen LogP contribution in [0.25, 0.3) is 0 Å². The Morgan fingerprint density at radius 3 is 2.60 bits per heavy atom. The molecule has 4 heteroatoms. The Kier molecular flexibility index (Phi) is 2.36. The largest absolute Gasteiger partial charge is 0.506 e. The van der Waals surface area contributed by atoms with Gasteiger partial charge < -0.3 is 16.2 Å². The van der Waals surface area contributed by atoms with Crippen LogP contribution in [0.1, 0.15) is 19.3 Å². The van der Waals surface area contributed by atoms with Crippen molar-refractivity contribution in [3.8, 4) is 5.75 Å². The molecule has 1 amide bonds. The monoisotopic (exact) mass is 206 g/mol. The van der Waals surface area contributed by atoms with E-state index in [9.17, 15) is 9.90 Å². The van der Waals surface area contributed by atoms with Gasteiger partial charge in [0.2, 0.25) is 5.91 Å². The van der Waals surface area contributed by atoms with E-state index in [-0.39, 0.29) is 11.7 Å². The molecule has 0 atom stereocenters. The van der Waals surface area contributed by atoms with Gasteiger partial charge in [0, 0.05) is 0 Å². The Labute approximate surface area is 88.1 Å². The fourth-order valence-corrected chi connectivity index (χ4v) is 1.61. The number of anilines is 1. The van der Waals surface area contributed by atoms with E-state index in [0.717, 1.165) is 6.42 Å². The lowest BCUT2D eigenvalue weighted by Gasteiger charge is -2.36. The Morgan fingerprint density at radius 1 is 1.40 bits per heavy atom. The Hall–Kier alpha value is -1.55. The summed E-state index contributed by atoms with van der Waals surface area (Å²) in [5, 5.41) is 12.1. The zero-order chi connectivity index (χ0) is 10.9. The second kappa shape index (κ2) is 3.55. The number of rotatable bonds is 2. The third-order valence-corrected chi connectivity index (χ3v) is 2.85. The minimum atomic E-state index is -0.734. The minimum Gasteiger partial charge on any atom is -0.506 e. The fraction of sp³-hybridized carbons (Fsp3) is 0.364. The van der Waals surface area contributed by atoms with Gasteiger partial charge in [-0.2, -0.15) is 0 Å². The first-order chi connectivity index (χ1) is 7.12. The maximum absolute atomic E-state index is 11.7. The van der Waals surface area contributed by atoms with Crippen LogP contribution in [0, 0.1) is 0 Å². The first-order valence-corrected chi connectivity index (χ1v) is 5.00. The van der Waals surface area contributed by atoms with E-state index in [1.807, 2.05) is 0 Å². The Morgan fingerprint density at radius 2 is 2.07 bits per heavy atom. The molecule has 0 bridgehead atoms. The number of phenolic OH excluding ortho intramolecular Hbond substituents is 1. The molecule has 80 valence electrons. The van der Waals surface area contributed by atoms with E-state index in [1.54, 1.807) is 18.2 Å². The van der Waals surface area contributed by atoms with Crippen LogP contribution < -0.4 is 11.1 Å². The van der Waals surface area contributed by atoms with E-state index in [2.05, 4.69) is 5.32 Å². The average molecular weight is 206 g/mol. The van der Waals surface area contributed by atoms with Crippen LogP contribution in [0.5, 0.6) is 5.75 Å². The van der Waals surface area contributed by atoms with Gasteiger partial charge in [-0.3, -0.25) is 4.79 Å². The van der Waals surface area contributed by atoms with E-state index >= 15 is 0 Å². The molecule has 0 spiro atoms. The summed E-state index contributed by atoms with van der Waals surface area (Å²) in [6.07, 6.45) is 2.42. The molecule has 0 radical (unpaired) electrons. The number of aromatic hydroxyl groups is 1. The van der Waals surface area contributed by atoms with Crippen molar-refractivity contribution in [3.05, 3.63) is 24.3 Å². The number of hydrogen-bond donors (Lipinski definition) is 3. The summed E-state index contributed by atoms with van der Waals surface area (Å²) in [6.45, 7) is 0. The molecule has 15 heavy (non-hydrogen) atoms. The third kappa shape index (κ3) is 1.80. The van der Waals surface area contributed by atoms with Crippen molar-refractivity contribution in [2.45, 2.75) is 24.8 Å². The highest BCUT2D eigenvalue weighted by Crippen LogP contribution is 2.31. The predicted octanol–water partition coefficient (Wildman–Crippen LogP) is 1.21. The number of nitrogens with one attached hydrogen (secondary N) is 1. The highest BCUT2D eigenvalue weighted by molar-refractivity contribution is 5.99. The first-order valence-electron chi connectivity index (χ1n) is 5.00. The lowest BCUT2D eigenvalue weighted by molar-refractivity contribution is -0.123. The van der Waals surface area contributed by atoms with Crippen LogP contribution in [-0.4, -0.2) is 16.6 Å². The van der Waals surface area contributed by atoms with Crippen molar-refractivity contribution in [2.75, 3.05) is 5.32 Å². The number of amides is 1. The number of para-hydroxylation sites is 2. The summed E-state index contributed by atoms with van der Waals surface area (Å²) in [6, 6.07) is 6.63. The number of benzene rings is 1. The highest BCUT2D eigenvalue weighted by Gasteiger charge is 2.40. The second-order valence-corrected chi connectivity index (χ2v) is 3.98. The van der Waals surface area contributed by atoms with Gasteiger partial charge in [-0.25, -0.2) is 0 Å². The van der Waals surface area contributed by atoms with Crippen LogP contribution in [0.4, 0.5) is 5.69 Å². The van der Waals surface area contributed by atoms with Gasteiger partial charge >= 0.3 is 0 Å². The van der Waals surface area contributed by atoms with Crippen LogP contribution in [0.3, 0.4) is 0 Å².